The zero-order valence-corrected chi connectivity index (χ0v) is 20.1. The highest BCUT2D eigenvalue weighted by atomic mass is 32.2. The van der Waals surface area contributed by atoms with Gasteiger partial charge in [-0.1, -0.05) is 60.3 Å². The minimum Gasteiger partial charge on any atom is -0.319 e. The molecule has 0 saturated heterocycles. The van der Waals surface area contributed by atoms with E-state index in [0.29, 0.717) is 17.8 Å². The highest BCUT2D eigenvalue weighted by molar-refractivity contribution is 7.98. The van der Waals surface area contributed by atoms with Crippen LogP contribution in [-0.4, -0.2) is 27.7 Å². The molecule has 0 atom stereocenters. The van der Waals surface area contributed by atoms with Crippen molar-refractivity contribution in [2.24, 2.45) is 5.14 Å². The Morgan fingerprint density at radius 1 is 0.971 bits per heavy atom. The summed E-state index contributed by atoms with van der Waals surface area (Å²) in [6.07, 6.45) is 2.06. The molecule has 34 heavy (non-hydrogen) atoms. The minimum absolute atomic E-state index is 0.0628. The average Bonchev–Trinajstić information content (AvgIpc) is 3.44. The predicted octanol–water partition coefficient (Wildman–Crippen LogP) is 4.85. The van der Waals surface area contributed by atoms with Gasteiger partial charge in [-0.25, -0.2) is 23.2 Å². The second kappa shape index (κ2) is 9.09. The number of fused-ring (bicyclic) bond motifs is 1. The SMILES string of the molecule is CCn1c(SCc2cn(-c3ccccc3)nc2-c2ccccc2)nc2cc(S(N)(=O)=O)ccc21. The first kappa shape index (κ1) is 22.4. The van der Waals surface area contributed by atoms with Gasteiger partial charge in [-0.3, -0.25) is 0 Å². The number of thioether (sulfide) groups is 1. The van der Waals surface area contributed by atoms with Gasteiger partial charge in [-0.05, 0) is 37.3 Å². The van der Waals surface area contributed by atoms with E-state index in [1.54, 1.807) is 17.8 Å². The molecule has 5 aromatic rings. The van der Waals surface area contributed by atoms with Gasteiger partial charge in [0, 0.05) is 29.6 Å². The molecule has 2 N–H and O–H groups in total. The van der Waals surface area contributed by atoms with Gasteiger partial charge in [0.05, 0.1) is 27.3 Å². The number of primary sulfonamides is 1. The van der Waals surface area contributed by atoms with Gasteiger partial charge in [0.1, 0.15) is 0 Å². The van der Waals surface area contributed by atoms with Crippen LogP contribution in [0.4, 0.5) is 0 Å². The quantitative estimate of drug-likeness (QED) is 0.330. The monoisotopic (exact) mass is 489 g/mol. The fourth-order valence-corrected chi connectivity index (χ4v) is 5.47. The molecule has 2 heterocycles. The minimum atomic E-state index is -3.79. The van der Waals surface area contributed by atoms with Crippen molar-refractivity contribution in [1.29, 1.82) is 0 Å². The molecule has 2 aromatic heterocycles. The molecule has 5 rings (SSSR count). The van der Waals surface area contributed by atoms with Crippen LogP contribution in [-0.2, 0) is 22.3 Å². The maximum atomic E-state index is 11.8. The van der Waals surface area contributed by atoms with E-state index in [1.165, 1.54) is 12.1 Å². The first-order valence-corrected chi connectivity index (χ1v) is 13.3. The van der Waals surface area contributed by atoms with E-state index in [9.17, 15) is 8.42 Å². The molecule has 0 saturated carbocycles. The summed E-state index contributed by atoms with van der Waals surface area (Å²) >= 11 is 1.60. The van der Waals surface area contributed by atoms with Gasteiger partial charge in [0.15, 0.2) is 5.16 Å². The molecule has 9 heteroatoms. The van der Waals surface area contributed by atoms with Crippen LogP contribution in [0.25, 0.3) is 28.0 Å². The summed E-state index contributed by atoms with van der Waals surface area (Å²) in [6, 6.07) is 25.0. The number of hydrogen-bond acceptors (Lipinski definition) is 5. The van der Waals surface area contributed by atoms with E-state index < -0.39 is 10.0 Å². The molecule has 0 spiro atoms. The Hall–Kier alpha value is -3.40. The Labute approximate surface area is 202 Å². The molecule has 0 aliphatic carbocycles. The van der Waals surface area contributed by atoms with Crippen LogP contribution in [0.2, 0.25) is 0 Å². The Balaban J connectivity index is 1.52. The second-order valence-electron chi connectivity index (χ2n) is 7.77. The smallest absolute Gasteiger partial charge is 0.238 e. The Morgan fingerprint density at radius 2 is 1.68 bits per heavy atom. The molecule has 172 valence electrons. The summed E-state index contributed by atoms with van der Waals surface area (Å²) in [7, 11) is -3.79. The van der Waals surface area contributed by atoms with Crippen molar-refractivity contribution >= 4 is 32.8 Å². The number of hydrogen-bond donors (Lipinski definition) is 1. The fourth-order valence-electron chi connectivity index (χ4n) is 3.89. The first-order chi connectivity index (χ1) is 16.4. The van der Waals surface area contributed by atoms with Crippen molar-refractivity contribution in [3.05, 3.63) is 90.6 Å². The number of nitrogens with zero attached hydrogens (tertiary/aromatic N) is 4. The van der Waals surface area contributed by atoms with Crippen molar-refractivity contribution in [2.75, 3.05) is 0 Å². The molecule has 0 fully saturated rings. The molecule has 0 aliphatic rings. The highest BCUT2D eigenvalue weighted by Crippen LogP contribution is 2.32. The number of para-hydroxylation sites is 1. The molecule has 0 radical (unpaired) electrons. The highest BCUT2D eigenvalue weighted by Gasteiger charge is 2.17. The van der Waals surface area contributed by atoms with Crippen LogP contribution in [0.15, 0.2) is 95.1 Å². The summed E-state index contributed by atoms with van der Waals surface area (Å²) in [5.41, 5.74) is 5.54. The Morgan fingerprint density at radius 3 is 2.35 bits per heavy atom. The number of rotatable bonds is 7. The van der Waals surface area contributed by atoms with Crippen LogP contribution in [0.3, 0.4) is 0 Å². The largest absolute Gasteiger partial charge is 0.319 e. The van der Waals surface area contributed by atoms with Crippen LogP contribution in [0.1, 0.15) is 12.5 Å². The number of imidazole rings is 1. The molecular formula is C25H23N5O2S2. The number of benzene rings is 3. The van der Waals surface area contributed by atoms with Crippen molar-refractivity contribution in [3.8, 4) is 16.9 Å². The zero-order chi connectivity index (χ0) is 23.7. The zero-order valence-electron chi connectivity index (χ0n) is 18.5. The van der Waals surface area contributed by atoms with Crippen LogP contribution in [0, 0.1) is 0 Å². The summed E-state index contributed by atoms with van der Waals surface area (Å²) < 4.78 is 27.5. The number of aryl methyl sites for hydroxylation is 1. The third kappa shape index (κ3) is 4.37. The van der Waals surface area contributed by atoms with Crippen LogP contribution in [0.5, 0.6) is 0 Å². The normalized spacial score (nSPS) is 11.8. The molecule has 0 amide bonds. The fraction of sp³-hybridized carbons (Fsp3) is 0.120. The van der Waals surface area contributed by atoms with Gasteiger partial charge in [0.2, 0.25) is 10.0 Å². The number of aromatic nitrogens is 4. The molecule has 0 aliphatic heterocycles. The van der Waals surface area contributed by atoms with E-state index in [4.69, 9.17) is 15.2 Å². The van der Waals surface area contributed by atoms with Crippen molar-refractivity contribution in [1.82, 2.24) is 19.3 Å². The third-order valence-electron chi connectivity index (χ3n) is 5.54. The Kier molecular flexibility index (Phi) is 5.99. The number of sulfonamides is 1. The lowest BCUT2D eigenvalue weighted by Gasteiger charge is -2.06. The lowest BCUT2D eigenvalue weighted by molar-refractivity contribution is 0.598. The molecule has 3 aromatic carbocycles. The van der Waals surface area contributed by atoms with Crippen molar-refractivity contribution in [2.45, 2.75) is 29.3 Å². The third-order valence-corrected chi connectivity index (χ3v) is 7.48. The summed E-state index contributed by atoms with van der Waals surface area (Å²) in [4.78, 5) is 4.78. The maximum absolute atomic E-state index is 11.8. The van der Waals surface area contributed by atoms with E-state index in [0.717, 1.165) is 33.2 Å². The van der Waals surface area contributed by atoms with E-state index in [2.05, 4.69) is 22.9 Å². The lowest BCUT2D eigenvalue weighted by Crippen LogP contribution is -2.11. The molecule has 7 nitrogen and oxygen atoms in total. The van der Waals surface area contributed by atoms with E-state index in [-0.39, 0.29) is 4.90 Å². The lowest BCUT2D eigenvalue weighted by atomic mass is 10.1. The molecular weight excluding hydrogens is 466 g/mol. The van der Waals surface area contributed by atoms with Gasteiger partial charge >= 0.3 is 0 Å². The summed E-state index contributed by atoms with van der Waals surface area (Å²) in [6.45, 7) is 2.75. The number of nitrogens with two attached hydrogens (primary N) is 1. The van der Waals surface area contributed by atoms with E-state index >= 15 is 0 Å². The van der Waals surface area contributed by atoms with Crippen LogP contribution >= 0.6 is 11.8 Å². The van der Waals surface area contributed by atoms with Crippen LogP contribution < -0.4 is 5.14 Å². The molecule has 0 unspecified atom stereocenters. The standard InChI is InChI=1S/C25H23N5O2S2/c1-2-29-23-14-13-21(34(26,31)32)15-22(23)27-25(29)33-17-19-16-30(20-11-7-4-8-12-20)28-24(19)18-9-5-3-6-10-18/h3-16H,2,17H2,1H3,(H2,26,31,32). The van der Waals surface area contributed by atoms with Gasteiger partial charge in [-0.2, -0.15) is 5.10 Å². The molecule has 0 bridgehead atoms. The van der Waals surface area contributed by atoms with Gasteiger partial charge in [0.25, 0.3) is 0 Å². The van der Waals surface area contributed by atoms with E-state index in [1.807, 2.05) is 60.1 Å². The Bertz CT molecular complexity index is 1560. The van der Waals surface area contributed by atoms with Crippen molar-refractivity contribution in [3.63, 3.8) is 0 Å². The van der Waals surface area contributed by atoms with Gasteiger partial charge < -0.3 is 4.57 Å². The predicted molar refractivity (Wildman–Crippen MR) is 135 cm³/mol. The first-order valence-electron chi connectivity index (χ1n) is 10.8. The second-order valence-corrected chi connectivity index (χ2v) is 10.3. The maximum Gasteiger partial charge on any atom is 0.238 e. The topological polar surface area (TPSA) is 95.8 Å². The average molecular weight is 490 g/mol. The van der Waals surface area contributed by atoms with Crippen molar-refractivity contribution < 1.29 is 8.42 Å². The summed E-state index contributed by atoms with van der Waals surface area (Å²) in [5, 5.41) is 11.0. The summed E-state index contributed by atoms with van der Waals surface area (Å²) in [5.74, 6) is 0.655. The van der Waals surface area contributed by atoms with Gasteiger partial charge in [-0.15, -0.1) is 0 Å².